The monoisotopic (exact) mass is 336 g/mol. The van der Waals surface area contributed by atoms with Gasteiger partial charge in [0.25, 0.3) is 0 Å². The van der Waals surface area contributed by atoms with E-state index in [2.05, 4.69) is 81.1 Å². The largest absolute Gasteiger partial charge is 0.370 e. The number of nitrogens with two attached hydrogens (primary N) is 1. The zero-order valence-electron chi connectivity index (χ0n) is 16.1. The maximum Gasteiger partial charge on any atom is 0.0367 e. The molecular weight excluding hydrogens is 304 g/mol. The van der Waals surface area contributed by atoms with Crippen LogP contribution in [0.5, 0.6) is 0 Å². The average Bonchev–Trinajstić information content (AvgIpc) is 2.56. The van der Waals surface area contributed by atoms with E-state index in [1.807, 2.05) is 0 Å². The molecule has 3 rings (SSSR count). The van der Waals surface area contributed by atoms with Crippen molar-refractivity contribution < 1.29 is 0 Å². The van der Waals surface area contributed by atoms with Crippen LogP contribution in [0.3, 0.4) is 0 Å². The smallest absolute Gasteiger partial charge is 0.0367 e. The van der Waals surface area contributed by atoms with Gasteiger partial charge in [-0.15, -0.1) is 0 Å². The fraction of sp³-hybridized carbons (Fsp3) is 0.478. The van der Waals surface area contributed by atoms with Crippen molar-refractivity contribution in [3.63, 3.8) is 0 Å². The average molecular weight is 337 g/mol. The molecule has 2 atom stereocenters. The number of anilines is 1. The van der Waals surface area contributed by atoms with Crippen molar-refractivity contribution in [2.24, 2.45) is 11.7 Å². The minimum absolute atomic E-state index is 0.199. The Bertz CT molecular complexity index is 680. The second-order valence-corrected chi connectivity index (χ2v) is 8.75. The lowest BCUT2D eigenvalue weighted by Crippen LogP contribution is -2.47. The Kier molecular flexibility index (Phi) is 5.19. The van der Waals surface area contributed by atoms with Crippen molar-refractivity contribution in [3.05, 3.63) is 65.2 Å². The molecule has 1 aliphatic heterocycles. The molecule has 0 bridgehead atoms. The second kappa shape index (κ2) is 7.21. The third-order valence-corrected chi connectivity index (χ3v) is 5.31. The Morgan fingerprint density at radius 3 is 2.20 bits per heavy atom. The Morgan fingerprint density at radius 2 is 1.60 bits per heavy atom. The Morgan fingerprint density at radius 1 is 0.960 bits per heavy atom. The predicted octanol–water partition coefficient (Wildman–Crippen LogP) is 4.69. The number of aryl methyl sites for hydroxylation is 1. The third-order valence-electron chi connectivity index (χ3n) is 5.31. The molecule has 0 aliphatic carbocycles. The summed E-state index contributed by atoms with van der Waals surface area (Å²) >= 11 is 0. The van der Waals surface area contributed by atoms with Crippen molar-refractivity contribution in [3.8, 4) is 0 Å². The summed E-state index contributed by atoms with van der Waals surface area (Å²) in [7, 11) is 0. The molecule has 2 nitrogen and oxygen atoms in total. The minimum atomic E-state index is 0.199. The third kappa shape index (κ3) is 4.64. The molecule has 1 heterocycles. The standard InChI is InChI=1S/C23H32N2/c1-17-5-7-18(8-6-17)13-19-14-21(24)16-25(15-19)22-11-9-20(10-12-22)23(2,3)4/h5-12,19,21H,13-16,24H2,1-4H3. The van der Waals surface area contributed by atoms with Crippen LogP contribution in [0.15, 0.2) is 48.5 Å². The maximum absolute atomic E-state index is 6.39. The van der Waals surface area contributed by atoms with Gasteiger partial charge in [0.15, 0.2) is 0 Å². The quantitative estimate of drug-likeness (QED) is 0.881. The van der Waals surface area contributed by atoms with E-state index in [9.17, 15) is 0 Å². The summed E-state index contributed by atoms with van der Waals surface area (Å²) in [6.45, 7) is 11.0. The maximum atomic E-state index is 6.39. The van der Waals surface area contributed by atoms with E-state index >= 15 is 0 Å². The molecular formula is C23H32N2. The van der Waals surface area contributed by atoms with Crippen molar-refractivity contribution in [2.75, 3.05) is 18.0 Å². The van der Waals surface area contributed by atoms with Gasteiger partial charge < -0.3 is 10.6 Å². The summed E-state index contributed by atoms with van der Waals surface area (Å²) in [6.07, 6.45) is 2.23. The van der Waals surface area contributed by atoms with E-state index in [0.29, 0.717) is 5.92 Å². The van der Waals surface area contributed by atoms with Gasteiger partial charge in [-0.2, -0.15) is 0 Å². The first-order valence-corrected chi connectivity index (χ1v) is 9.48. The van der Waals surface area contributed by atoms with E-state index in [4.69, 9.17) is 5.73 Å². The molecule has 25 heavy (non-hydrogen) atoms. The van der Waals surface area contributed by atoms with Crippen molar-refractivity contribution >= 4 is 5.69 Å². The summed E-state index contributed by atoms with van der Waals surface area (Å²) < 4.78 is 0. The molecule has 2 N–H and O–H groups in total. The summed E-state index contributed by atoms with van der Waals surface area (Å²) in [5.74, 6) is 0.619. The van der Waals surface area contributed by atoms with Crippen LogP contribution in [0.25, 0.3) is 0 Å². The highest BCUT2D eigenvalue weighted by Gasteiger charge is 2.25. The second-order valence-electron chi connectivity index (χ2n) is 8.75. The molecule has 0 saturated carbocycles. The van der Waals surface area contributed by atoms with Crippen molar-refractivity contribution in [1.29, 1.82) is 0 Å². The lowest BCUT2D eigenvalue weighted by atomic mass is 9.86. The van der Waals surface area contributed by atoms with Crippen LogP contribution < -0.4 is 10.6 Å². The number of benzene rings is 2. The van der Waals surface area contributed by atoms with Crippen LogP contribution in [0.1, 0.15) is 43.9 Å². The van der Waals surface area contributed by atoms with Crippen LogP contribution in [-0.4, -0.2) is 19.1 Å². The molecule has 2 aromatic rings. The van der Waals surface area contributed by atoms with Gasteiger partial charge in [-0.3, -0.25) is 0 Å². The van der Waals surface area contributed by atoms with Gasteiger partial charge in [0.1, 0.15) is 0 Å². The number of piperidine rings is 1. The topological polar surface area (TPSA) is 29.3 Å². The van der Waals surface area contributed by atoms with E-state index in [-0.39, 0.29) is 11.5 Å². The molecule has 0 spiro atoms. The highest BCUT2D eigenvalue weighted by atomic mass is 15.2. The lowest BCUT2D eigenvalue weighted by molar-refractivity contribution is 0.374. The Hall–Kier alpha value is -1.80. The molecule has 0 radical (unpaired) electrons. The van der Waals surface area contributed by atoms with Gasteiger partial charge in [0, 0.05) is 24.8 Å². The minimum Gasteiger partial charge on any atom is -0.370 e. The first kappa shape index (κ1) is 18.0. The predicted molar refractivity (Wildman–Crippen MR) is 108 cm³/mol. The fourth-order valence-electron chi connectivity index (χ4n) is 3.83. The SMILES string of the molecule is Cc1ccc(CC2CC(N)CN(c3ccc(C(C)(C)C)cc3)C2)cc1. The lowest BCUT2D eigenvalue weighted by Gasteiger charge is -2.38. The van der Waals surface area contributed by atoms with E-state index in [1.165, 1.54) is 22.4 Å². The van der Waals surface area contributed by atoms with Gasteiger partial charge >= 0.3 is 0 Å². The first-order valence-electron chi connectivity index (χ1n) is 9.48. The van der Waals surface area contributed by atoms with Crippen LogP contribution in [0.4, 0.5) is 5.69 Å². The number of nitrogens with zero attached hydrogens (tertiary/aromatic N) is 1. The van der Waals surface area contributed by atoms with Gasteiger partial charge in [-0.25, -0.2) is 0 Å². The number of hydrogen-bond donors (Lipinski definition) is 1. The highest BCUT2D eigenvalue weighted by molar-refractivity contribution is 5.49. The van der Waals surface area contributed by atoms with E-state index in [1.54, 1.807) is 0 Å². The number of hydrogen-bond acceptors (Lipinski definition) is 2. The van der Waals surface area contributed by atoms with Gasteiger partial charge in [-0.1, -0.05) is 62.7 Å². The van der Waals surface area contributed by atoms with Crippen LogP contribution in [0, 0.1) is 12.8 Å². The summed E-state index contributed by atoms with van der Waals surface area (Å²) in [5.41, 5.74) is 12.0. The van der Waals surface area contributed by atoms with Crippen molar-refractivity contribution in [1.82, 2.24) is 0 Å². The zero-order valence-corrected chi connectivity index (χ0v) is 16.1. The van der Waals surface area contributed by atoms with Crippen molar-refractivity contribution in [2.45, 2.75) is 52.0 Å². The number of rotatable bonds is 3. The van der Waals surface area contributed by atoms with Gasteiger partial charge in [0.05, 0.1) is 0 Å². The van der Waals surface area contributed by atoms with E-state index in [0.717, 1.165) is 25.9 Å². The molecule has 1 fully saturated rings. The molecule has 0 amide bonds. The molecule has 2 heteroatoms. The first-order chi connectivity index (χ1) is 11.8. The zero-order chi connectivity index (χ0) is 18.0. The van der Waals surface area contributed by atoms with Gasteiger partial charge in [0.2, 0.25) is 0 Å². The molecule has 134 valence electrons. The molecule has 1 saturated heterocycles. The van der Waals surface area contributed by atoms with Crippen LogP contribution >= 0.6 is 0 Å². The Balaban J connectivity index is 1.70. The molecule has 2 unspecified atom stereocenters. The summed E-state index contributed by atoms with van der Waals surface area (Å²) in [4.78, 5) is 2.47. The normalized spacial score (nSPS) is 21.4. The molecule has 0 aromatic heterocycles. The summed E-state index contributed by atoms with van der Waals surface area (Å²) in [6, 6.07) is 18.3. The fourth-order valence-corrected chi connectivity index (χ4v) is 3.83. The Labute approximate surface area is 153 Å². The van der Waals surface area contributed by atoms with Gasteiger partial charge in [-0.05, 0) is 54.4 Å². The highest BCUT2D eigenvalue weighted by Crippen LogP contribution is 2.28. The molecule has 2 aromatic carbocycles. The summed E-state index contributed by atoms with van der Waals surface area (Å²) in [5, 5.41) is 0. The van der Waals surface area contributed by atoms with Crippen LogP contribution in [-0.2, 0) is 11.8 Å². The van der Waals surface area contributed by atoms with E-state index < -0.39 is 0 Å². The van der Waals surface area contributed by atoms with Crippen LogP contribution in [0.2, 0.25) is 0 Å². The molecule has 1 aliphatic rings.